The number of benzene rings is 2. The number of carbonyl (C=O) groups is 2. The highest BCUT2D eigenvalue weighted by molar-refractivity contribution is 6.20. The minimum atomic E-state index is -4.68. The Morgan fingerprint density at radius 1 is 1.12 bits per heavy atom. The minimum Gasteiger partial charge on any atom is -0.504 e. The van der Waals surface area contributed by atoms with Gasteiger partial charge in [-0.05, 0) is 55.0 Å². The Labute approximate surface area is 191 Å². The van der Waals surface area contributed by atoms with Crippen molar-refractivity contribution in [1.82, 2.24) is 0 Å². The van der Waals surface area contributed by atoms with Crippen LogP contribution in [0.4, 0.5) is 18.9 Å². The van der Waals surface area contributed by atoms with Gasteiger partial charge in [-0.3, -0.25) is 14.5 Å². The maximum Gasteiger partial charge on any atom is 0.416 e. The molecule has 2 heterocycles. The summed E-state index contributed by atoms with van der Waals surface area (Å²) in [6, 6.07) is 9.42. The van der Waals surface area contributed by atoms with Crippen molar-refractivity contribution in [3.05, 3.63) is 89.1 Å². The number of nitrogens with zero attached hydrogens (tertiary/aromatic N) is 1. The van der Waals surface area contributed by atoms with Crippen molar-refractivity contribution in [2.75, 3.05) is 11.5 Å². The van der Waals surface area contributed by atoms with E-state index in [-0.39, 0.29) is 40.7 Å². The highest BCUT2D eigenvalue weighted by Crippen LogP contribution is 2.44. The van der Waals surface area contributed by atoms with Gasteiger partial charge in [-0.25, -0.2) is 0 Å². The van der Waals surface area contributed by atoms with Crippen molar-refractivity contribution in [3.63, 3.8) is 0 Å². The monoisotopic (exact) mass is 473 g/mol. The molecule has 0 bridgehead atoms. The van der Waals surface area contributed by atoms with Gasteiger partial charge in [-0.15, -0.1) is 0 Å². The zero-order valence-electron chi connectivity index (χ0n) is 17.7. The SMILES string of the molecule is CCOc1cc(C2C(C(=O)c3ccco3)=C(O)C(=O)N2c2cccc(C(F)(F)F)c2)ccc1O. The second-order valence-electron chi connectivity index (χ2n) is 7.35. The summed E-state index contributed by atoms with van der Waals surface area (Å²) < 4.78 is 50.5. The standard InChI is InChI=1S/C24H18F3NO6/c1-2-33-18-11-13(8-9-16(18)29)20-19(21(30)17-7-4-10-34-17)22(31)23(32)28(20)15-6-3-5-14(12-15)24(25,26)27/h3-12,20,29,31H,2H2,1H3. The number of aliphatic hydroxyl groups excluding tert-OH is 1. The van der Waals surface area contributed by atoms with E-state index in [1.807, 2.05) is 0 Å². The van der Waals surface area contributed by atoms with E-state index in [0.29, 0.717) is 0 Å². The van der Waals surface area contributed by atoms with Gasteiger partial charge < -0.3 is 19.4 Å². The van der Waals surface area contributed by atoms with Crippen molar-refractivity contribution >= 4 is 17.4 Å². The average molecular weight is 473 g/mol. The third-order valence-corrected chi connectivity index (χ3v) is 5.25. The largest absolute Gasteiger partial charge is 0.504 e. The van der Waals surface area contributed by atoms with E-state index < -0.39 is 35.2 Å². The highest BCUT2D eigenvalue weighted by Gasteiger charge is 2.46. The summed E-state index contributed by atoms with van der Waals surface area (Å²) in [4.78, 5) is 27.2. The second-order valence-corrected chi connectivity index (χ2v) is 7.35. The molecule has 1 aliphatic rings. The van der Waals surface area contributed by atoms with Gasteiger partial charge in [0.15, 0.2) is 23.0 Å². The van der Waals surface area contributed by atoms with E-state index in [2.05, 4.69) is 0 Å². The van der Waals surface area contributed by atoms with E-state index in [9.17, 15) is 33.0 Å². The molecule has 1 atom stereocenters. The Hall–Kier alpha value is -4.21. The number of carbonyl (C=O) groups excluding carboxylic acids is 2. The number of Topliss-reactive ketones (excluding diaryl/α,β-unsaturated/α-hetero) is 1. The lowest BCUT2D eigenvalue weighted by Gasteiger charge is -2.27. The second kappa shape index (κ2) is 8.62. The van der Waals surface area contributed by atoms with Crippen molar-refractivity contribution in [2.24, 2.45) is 0 Å². The van der Waals surface area contributed by atoms with Gasteiger partial charge in [0.05, 0.1) is 30.0 Å². The van der Waals surface area contributed by atoms with Crippen molar-refractivity contribution in [1.29, 1.82) is 0 Å². The molecule has 1 amide bonds. The first-order chi connectivity index (χ1) is 16.1. The Bertz CT molecular complexity index is 1280. The number of aromatic hydroxyl groups is 1. The number of rotatable bonds is 6. The number of ether oxygens (including phenoxy) is 1. The molecule has 3 aromatic rings. The van der Waals surface area contributed by atoms with Gasteiger partial charge >= 0.3 is 6.18 Å². The third-order valence-electron chi connectivity index (χ3n) is 5.25. The molecule has 0 aliphatic carbocycles. The van der Waals surface area contributed by atoms with Crippen molar-refractivity contribution in [2.45, 2.75) is 19.1 Å². The number of hydrogen-bond acceptors (Lipinski definition) is 6. The normalized spacial score (nSPS) is 16.3. The molecular formula is C24H18F3NO6. The Morgan fingerprint density at radius 2 is 1.88 bits per heavy atom. The van der Waals surface area contributed by atoms with Crippen molar-refractivity contribution < 1.29 is 42.1 Å². The van der Waals surface area contributed by atoms with Crippen LogP contribution in [0.15, 0.2) is 76.6 Å². The first-order valence-corrected chi connectivity index (χ1v) is 10.1. The van der Waals surface area contributed by atoms with Crippen molar-refractivity contribution in [3.8, 4) is 11.5 Å². The first kappa shape index (κ1) is 23.0. The molecule has 10 heteroatoms. The topological polar surface area (TPSA) is 100 Å². The Balaban J connectivity index is 1.91. The summed E-state index contributed by atoms with van der Waals surface area (Å²) >= 11 is 0. The first-order valence-electron chi connectivity index (χ1n) is 10.1. The fraction of sp³-hybridized carbons (Fsp3) is 0.167. The van der Waals surface area contributed by atoms with Crippen LogP contribution in [-0.4, -0.2) is 28.5 Å². The Morgan fingerprint density at radius 3 is 2.53 bits per heavy atom. The molecule has 1 unspecified atom stereocenters. The van der Waals surface area contributed by atoms with Crippen LogP contribution in [0.3, 0.4) is 0 Å². The molecular weight excluding hydrogens is 455 g/mol. The number of furan rings is 1. The highest BCUT2D eigenvalue weighted by atomic mass is 19.4. The maximum atomic E-state index is 13.3. The lowest BCUT2D eigenvalue weighted by Crippen LogP contribution is -2.31. The van der Waals surface area contributed by atoms with Gasteiger partial charge in [0, 0.05) is 5.69 Å². The number of anilines is 1. The van der Waals surface area contributed by atoms with Gasteiger partial charge in [0.25, 0.3) is 5.91 Å². The zero-order valence-corrected chi connectivity index (χ0v) is 17.7. The van der Waals surface area contributed by atoms with Crippen LogP contribution in [0.5, 0.6) is 11.5 Å². The molecule has 0 fully saturated rings. The predicted molar refractivity (Wildman–Crippen MR) is 114 cm³/mol. The lowest BCUT2D eigenvalue weighted by molar-refractivity contribution is -0.137. The lowest BCUT2D eigenvalue weighted by atomic mass is 9.94. The van der Waals surface area contributed by atoms with E-state index in [4.69, 9.17) is 9.15 Å². The maximum absolute atomic E-state index is 13.3. The number of amides is 1. The van der Waals surface area contributed by atoms with Gasteiger partial charge in [-0.1, -0.05) is 12.1 Å². The summed E-state index contributed by atoms with van der Waals surface area (Å²) in [6.07, 6.45) is -3.45. The van der Waals surface area contributed by atoms with Gasteiger partial charge in [-0.2, -0.15) is 13.2 Å². The molecule has 0 spiro atoms. The summed E-state index contributed by atoms with van der Waals surface area (Å²) in [5, 5.41) is 20.7. The Kier molecular flexibility index (Phi) is 5.82. The fourth-order valence-electron chi connectivity index (χ4n) is 3.76. The van der Waals surface area contributed by atoms with Crippen LogP contribution in [0.2, 0.25) is 0 Å². The molecule has 0 saturated heterocycles. The number of phenols is 1. The number of aliphatic hydroxyl groups is 1. The summed E-state index contributed by atoms with van der Waals surface area (Å²) in [6.45, 7) is 1.87. The fourth-order valence-corrected chi connectivity index (χ4v) is 3.76. The number of halogens is 3. The number of phenolic OH excluding ortho intramolecular Hbond substituents is 1. The molecule has 2 aromatic carbocycles. The quantitative estimate of drug-likeness (QED) is 0.478. The molecule has 2 N–H and O–H groups in total. The van der Waals surface area contributed by atoms with E-state index in [1.54, 1.807) is 6.92 Å². The number of ketones is 1. The van der Waals surface area contributed by atoms with E-state index in [0.717, 1.165) is 23.1 Å². The summed E-state index contributed by atoms with van der Waals surface area (Å²) in [5.74, 6) is -3.16. The molecule has 1 aromatic heterocycles. The minimum absolute atomic E-state index is 0.0348. The van der Waals surface area contributed by atoms with Crippen LogP contribution in [0, 0.1) is 0 Å². The molecule has 1 aliphatic heterocycles. The molecule has 7 nitrogen and oxygen atoms in total. The van der Waals surface area contributed by atoms with Gasteiger partial charge in [0.1, 0.15) is 0 Å². The van der Waals surface area contributed by atoms with Gasteiger partial charge in [0.2, 0.25) is 5.78 Å². The summed E-state index contributed by atoms with van der Waals surface area (Å²) in [5.41, 5.74) is -1.37. The predicted octanol–water partition coefficient (Wildman–Crippen LogP) is 5.19. The molecule has 176 valence electrons. The van der Waals surface area contributed by atoms with Crippen LogP contribution in [0.1, 0.15) is 34.6 Å². The number of alkyl halides is 3. The molecule has 0 radical (unpaired) electrons. The van der Waals surface area contributed by atoms with Crippen LogP contribution >= 0.6 is 0 Å². The number of hydrogen-bond donors (Lipinski definition) is 2. The molecule has 4 rings (SSSR count). The van der Waals surface area contributed by atoms with Crippen LogP contribution < -0.4 is 9.64 Å². The summed E-state index contributed by atoms with van der Waals surface area (Å²) in [7, 11) is 0. The molecule has 0 saturated carbocycles. The molecule has 34 heavy (non-hydrogen) atoms. The average Bonchev–Trinajstić information content (AvgIpc) is 3.42. The van der Waals surface area contributed by atoms with Crippen LogP contribution in [0.25, 0.3) is 0 Å². The zero-order chi connectivity index (χ0) is 24.6. The smallest absolute Gasteiger partial charge is 0.416 e. The van der Waals surface area contributed by atoms with Crippen LogP contribution in [-0.2, 0) is 11.0 Å². The van der Waals surface area contributed by atoms with E-state index in [1.165, 1.54) is 42.7 Å². The third kappa shape index (κ3) is 3.98. The van der Waals surface area contributed by atoms with E-state index >= 15 is 0 Å².